The van der Waals surface area contributed by atoms with Crippen molar-refractivity contribution in [1.29, 1.82) is 0 Å². The summed E-state index contributed by atoms with van der Waals surface area (Å²) in [5.74, 6) is 3.02. The second-order valence-electron chi connectivity index (χ2n) is 7.05. The monoisotopic (exact) mass is 400 g/mol. The summed E-state index contributed by atoms with van der Waals surface area (Å²) in [7, 11) is 5.03. The largest absolute Gasteiger partial charge is 0.496 e. The lowest BCUT2D eigenvalue weighted by Crippen LogP contribution is -2.51. The minimum absolute atomic E-state index is 0. The number of hydrogen-bond donors (Lipinski definition) is 2. The van der Waals surface area contributed by atoms with Crippen molar-refractivity contribution in [2.45, 2.75) is 37.8 Å². The molecule has 0 spiro atoms. The van der Waals surface area contributed by atoms with E-state index < -0.39 is 0 Å². The van der Waals surface area contributed by atoms with Crippen molar-refractivity contribution in [1.82, 2.24) is 10.6 Å². The molecule has 27 heavy (non-hydrogen) atoms. The maximum atomic E-state index is 5.66. The van der Waals surface area contributed by atoms with Gasteiger partial charge >= 0.3 is 0 Å². The summed E-state index contributed by atoms with van der Waals surface area (Å²) in [6, 6.07) is 4.86. The number of morpholine rings is 1. The molecule has 3 unspecified atom stereocenters. The summed E-state index contributed by atoms with van der Waals surface area (Å²) < 4.78 is 22.1. The number of rotatable bonds is 8. The zero-order valence-corrected chi connectivity index (χ0v) is 17.4. The van der Waals surface area contributed by atoms with Crippen LogP contribution in [0.25, 0.3) is 0 Å². The number of ether oxygens (including phenoxy) is 4. The van der Waals surface area contributed by atoms with Gasteiger partial charge in [-0.05, 0) is 31.7 Å². The Morgan fingerprint density at radius 2 is 1.85 bits per heavy atom. The average Bonchev–Trinajstić information content (AvgIpc) is 3.17. The molecule has 0 radical (unpaired) electrons. The average molecular weight is 401 g/mol. The first-order valence-electron chi connectivity index (χ1n) is 9.60. The second kappa shape index (κ2) is 11.0. The van der Waals surface area contributed by atoms with E-state index in [2.05, 4.69) is 10.6 Å². The zero-order chi connectivity index (χ0) is 18.4. The molecule has 7 heteroatoms. The van der Waals surface area contributed by atoms with Gasteiger partial charge in [-0.3, -0.25) is 0 Å². The van der Waals surface area contributed by atoms with Crippen molar-refractivity contribution in [3.05, 3.63) is 17.7 Å². The lowest BCUT2D eigenvalue weighted by atomic mass is 9.94. The molecule has 154 valence electrons. The van der Waals surface area contributed by atoms with Crippen molar-refractivity contribution < 1.29 is 18.9 Å². The van der Waals surface area contributed by atoms with E-state index in [-0.39, 0.29) is 12.4 Å². The van der Waals surface area contributed by atoms with Crippen molar-refractivity contribution in [2.24, 2.45) is 5.92 Å². The van der Waals surface area contributed by atoms with E-state index in [0.29, 0.717) is 18.0 Å². The fraction of sp³-hybridized carbons (Fsp3) is 0.700. The van der Waals surface area contributed by atoms with Crippen molar-refractivity contribution in [3.63, 3.8) is 0 Å². The lowest BCUT2D eigenvalue weighted by Gasteiger charge is -2.33. The van der Waals surface area contributed by atoms with Crippen LogP contribution in [0.2, 0.25) is 0 Å². The molecule has 0 bridgehead atoms. The first kappa shape index (κ1) is 22.1. The van der Waals surface area contributed by atoms with Gasteiger partial charge in [0.15, 0.2) is 0 Å². The standard InChI is InChI=1S/C20H32N2O4.ClH/c1-23-14-11-19(24-2)16(20(12-14)25-3)7-8-21-17-6-4-5-15(17)18-13-26-10-9-22-18;/h11-12,15,17-18,21-22H,4-10,13H2,1-3H3;1H. The molecule has 3 atom stereocenters. The summed E-state index contributed by atoms with van der Waals surface area (Å²) in [5.41, 5.74) is 1.08. The normalized spacial score (nSPS) is 24.9. The summed E-state index contributed by atoms with van der Waals surface area (Å²) in [5, 5.41) is 7.40. The van der Waals surface area contributed by atoms with Crippen LogP contribution in [0.4, 0.5) is 0 Å². The zero-order valence-electron chi connectivity index (χ0n) is 16.6. The molecule has 1 saturated heterocycles. The topological polar surface area (TPSA) is 61.0 Å². The van der Waals surface area contributed by atoms with E-state index in [1.807, 2.05) is 12.1 Å². The molecule has 2 fully saturated rings. The Balaban J connectivity index is 0.00000261. The van der Waals surface area contributed by atoms with Gasteiger partial charge in [0.25, 0.3) is 0 Å². The summed E-state index contributed by atoms with van der Waals surface area (Å²) >= 11 is 0. The van der Waals surface area contributed by atoms with Crippen LogP contribution >= 0.6 is 12.4 Å². The fourth-order valence-electron chi connectivity index (χ4n) is 4.29. The smallest absolute Gasteiger partial charge is 0.129 e. The van der Waals surface area contributed by atoms with Crippen LogP contribution < -0.4 is 24.8 Å². The minimum atomic E-state index is 0. The van der Waals surface area contributed by atoms with Gasteiger partial charge < -0.3 is 29.6 Å². The Hall–Kier alpha value is -1.21. The quantitative estimate of drug-likeness (QED) is 0.698. The maximum Gasteiger partial charge on any atom is 0.129 e. The first-order chi connectivity index (χ1) is 12.8. The SMILES string of the molecule is COc1cc(OC)c(CCNC2CCCC2C2COCCN2)c(OC)c1.Cl. The number of nitrogens with one attached hydrogen (secondary N) is 2. The van der Waals surface area contributed by atoms with Crippen LogP contribution in [-0.4, -0.2) is 59.7 Å². The second-order valence-corrected chi connectivity index (χ2v) is 7.05. The molecule has 3 rings (SSSR count). The van der Waals surface area contributed by atoms with Gasteiger partial charge in [-0.2, -0.15) is 0 Å². The van der Waals surface area contributed by atoms with Gasteiger partial charge in [-0.25, -0.2) is 0 Å². The molecule has 0 aromatic heterocycles. The van der Waals surface area contributed by atoms with Crippen LogP contribution in [0, 0.1) is 5.92 Å². The first-order valence-corrected chi connectivity index (χ1v) is 9.60. The number of halogens is 1. The van der Waals surface area contributed by atoms with E-state index in [9.17, 15) is 0 Å². The molecule has 2 N–H and O–H groups in total. The highest BCUT2D eigenvalue weighted by atomic mass is 35.5. The van der Waals surface area contributed by atoms with Gasteiger partial charge in [0, 0.05) is 36.3 Å². The molecular weight excluding hydrogens is 368 g/mol. The fourth-order valence-corrected chi connectivity index (χ4v) is 4.29. The molecule has 1 aromatic carbocycles. The summed E-state index contributed by atoms with van der Waals surface area (Å²) in [4.78, 5) is 0. The molecular formula is C20H33ClN2O4. The molecule has 2 aliphatic rings. The number of hydrogen-bond acceptors (Lipinski definition) is 6. The molecule has 0 amide bonds. The molecule has 1 aromatic rings. The highest BCUT2D eigenvalue weighted by molar-refractivity contribution is 5.85. The van der Waals surface area contributed by atoms with Gasteiger partial charge in [0.2, 0.25) is 0 Å². The van der Waals surface area contributed by atoms with E-state index in [1.54, 1.807) is 21.3 Å². The van der Waals surface area contributed by atoms with Crippen LogP contribution in [0.3, 0.4) is 0 Å². The molecule has 1 aliphatic heterocycles. The molecule has 1 heterocycles. The predicted molar refractivity (Wildman–Crippen MR) is 109 cm³/mol. The Labute approximate surface area is 168 Å². The maximum absolute atomic E-state index is 5.66. The number of methoxy groups -OCH3 is 3. The van der Waals surface area contributed by atoms with E-state index in [0.717, 1.165) is 55.5 Å². The summed E-state index contributed by atoms with van der Waals surface area (Å²) in [6.07, 6.45) is 4.65. The van der Waals surface area contributed by atoms with Crippen molar-refractivity contribution >= 4 is 12.4 Å². The van der Waals surface area contributed by atoms with E-state index >= 15 is 0 Å². The van der Waals surface area contributed by atoms with Crippen LogP contribution in [-0.2, 0) is 11.2 Å². The Morgan fingerprint density at radius 3 is 2.44 bits per heavy atom. The minimum Gasteiger partial charge on any atom is -0.496 e. The van der Waals surface area contributed by atoms with Gasteiger partial charge in [-0.1, -0.05) is 6.42 Å². The van der Waals surface area contributed by atoms with Crippen LogP contribution in [0.5, 0.6) is 17.2 Å². The molecule has 1 aliphatic carbocycles. The number of benzene rings is 1. The highest BCUT2D eigenvalue weighted by Crippen LogP contribution is 2.34. The lowest BCUT2D eigenvalue weighted by molar-refractivity contribution is 0.0526. The third-order valence-corrected chi connectivity index (χ3v) is 5.64. The van der Waals surface area contributed by atoms with E-state index in [1.165, 1.54) is 19.3 Å². The van der Waals surface area contributed by atoms with Crippen molar-refractivity contribution in [2.75, 3.05) is 47.6 Å². The third kappa shape index (κ3) is 5.41. The Morgan fingerprint density at radius 1 is 1.11 bits per heavy atom. The van der Waals surface area contributed by atoms with Gasteiger partial charge in [-0.15, -0.1) is 12.4 Å². The van der Waals surface area contributed by atoms with Crippen LogP contribution in [0.15, 0.2) is 12.1 Å². The third-order valence-electron chi connectivity index (χ3n) is 5.64. The van der Waals surface area contributed by atoms with Gasteiger partial charge in [0.1, 0.15) is 17.2 Å². The highest BCUT2D eigenvalue weighted by Gasteiger charge is 2.34. The Bertz CT molecular complexity index is 556. The molecule has 6 nitrogen and oxygen atoms in total. The molecule has 1 saturated carbocycles. The van der Waals surface area contributed by atoms with Crippen molar-refractivity contribution in [3.8, 4) is 17.2 Å². The van der Waals surface area contributed by atoms with Crippen LogP contribution in [0.1, 0.15) is 24.8 Å². The Kier molecular flexibility index (Phi) is 8.96. The predicted octanol–water partition coefficient (Wildman–Crippen LogP) is 2.42. The van der Waals surface area contributed by atoms with Gasteiger partial charge in [0.05, 0.1) is 34.5 Å². The summed E-state index contributed by atoms with van der Waals surface area (Å²) in [6.45, 7) is 3.53. The van der Waals surface area contributed by atoms with E-state index in [4.69, 9.17) is 18.9 Å².